The van der Waals surface area contributed by atoms with E-state index in [0.29, 0.717) is 12.4 Å². The van der Waals surface area contributed by atoms with Gasteiger partial charge in [-0.1, -0.05) is 5.10 Å². The lowest BCUT2D eigenvalue weighted by molar-refractivity contribution is -0.491. The highest BCUT2D eigenvalue weighted by molar-refractivity contribution is 6.17. The first-order chi connectivity index (χ1) is 5.74. The van der Waals surface area contributed by atoms with Gasteiger partial charge in [0.1, 0.15) is 5.10 Å². The number of nitrogens with one attached hydrogen (secondary N) is 1. The van der Waals surface area contributed by atoms with Gasteiger partial charge >= 0.3 is 5.62 Å². The third-order valence-electron chi connectivity index (χ3n) is 1.03. The molecule has 0 aliphatic carbocycles. The van der Waals surface area contributed by atoms with Crippen LogP contribution in [0.1, 0.15) is 0 Å². The highest BCUT2D eigenvalue weighted by atomic mass is 35.5. The molecule has 0 aliphatic heterocycles. The van der Waals surface area contributed by atoms with Crippen LogP contribution in [0, 0.1) is 10.1 Å². The summed E-state index contributed by atoms with van der Waals surface area (Å²) in [5, 5.41) is 21.1. The van der Waals surface area contributed by atoms with Crippen molar-refractivity contribution >= 4 is 11.6 Å². The minimum atomic E-state index is -0.845. The van der Waals surface area contributed by atoms with E-state index in [2.05, 4.69) is 20.6 Å². The van der Waals surface area contributed by atoms with Gasteiger partial charge in [-0.25, -0.2) is 14.8 Å². The molecule has 0 aromatic carbocycles. The molecule has 1 heterocycles. The molecule has 0 spiro atoms. The molecule has 0 radical (unpaired) electrons. The fourth-order valence-electron chi connectivity index (χ4n) is 0.601. The zero-order valence-corrected chi connectivity index (χ0v) is 6.60. The van der Waals surface area contributed by atoms with Gasteiger partial charge in [0.25, 0.3) is 0 Å². The number of nitro groups is 1. The summed E-state index contributed by atoms with van der Waals surface area (Å²) in [6.45, 7) is 0.348. The molecule has 0 fully saturated rings. The summed E-state index contributed by atoms with van der Waals surface area (Å²) in [6, 6.07) is 0. The first-order valence-corrected chi connectivity index (χ1v) is 3.50. The Morgan fingerprint density at radius 2 is 2.58 bits per heavy atom. The molecule has 0 amide bonds. The Bertz CT molecular complexity index is 328. The van der Waals surface area contributed by atoms with E-state index < -0.39 is 5.03 Å². The average molecular weight is 193 g/mol. The zero-order valence-electron chi connectivity index (χ0n) is 5.84. The summed E-state index contributed by atoms with van der Waals surface area (Å²) in [5.41, 5.74) is -0.0966. The molecule has 0 aliphatic rings. The van der Waals surface area contributed by atoms with Gasteiger partial charge in [0, 0.05) is 5.88 Å². The molecule has 9 heteroatoms. The van der Waals surface area contributed by atoms with Crippen LogP contribution >= 0.6 is 11.6 Å². The number of nitrogens with zero attached hydrogens (tertiary/aromatic N) is 5. The molecule has 1 aromatic heterocycles. The SMILES string of the molecule is O=[N+]([O-])/N=c1\nn[nH]n1CCCl. The van der Waals surface area contributed by atoms with Crippen LogP contribution in [0.5, 0.6) is 0 Å². The third-order valence-corrected chi connectivity index (χ3v) is 1.19. The van der Waals surface area contributed by atoms with Crippen molar-refractivity contribution in [3.05, 3.63) is 15.7 Å². The Labute approximate surface area is 71.0 Å². The van der Waals surface area contributed by atoms with E-state index in [1.165, 1.54) is 4.68 Å². The Morgan fingerprint density at radius 1 is 1.83 bits per heavy atom. The predicted octanol–water partition coefficient (Wildman–Crippen LogP) is -1.06. The molecule has 0 saturated carbocycles. The van der Waals surface area contributed by atoms with E-state index in [1.807, 2.05) is 0 Å². The van der Waals surface area contributed by atoms with E-state index in [0.717, 1.165) is 0 Å². The number of H-pyrrole nitrogens is 1. The predicted molar refractivity (Wildman–Crippen MR) is 37.7 cm³/mol. The molecule has 1 rings (SSSR count). The number of aromatic nitrogens is 4. The van der Waals surface area contributed by atoms with Gasteiger partial charge in [-0.3, -0.25) is 0 Å². The highest BCUT2D eigenvalue weighted by Gasteiger charge is 2.00. The fourth-order valence-corrected chi connectivity index (χ4v) is 0.770. The average Bonchev–Trinajstić information content (AvgIpc) is 2.37. The topological polar surface area (TPSA) is 102 Å². The lowest BCUT2D eigenvalue weighted by Gasteiger charge is -1.91. The Morgan fingerprint density at radius 3 is 3.17 bits per heavy atom. The number of halogens is 1. The number of tetrazole rings is 1. The first kappa shape index (κ1) is 8.65. The van der Waals surface area contributed by atoms with Crippen molar-refractivity contribution in [3.63, 3.8) is 0 Å². The Balaban J connectivity index is 2.98. The number of rotatable bonds is 3. The number of alkyl halides is 1. The maximum atomic E-state index is 9.93. The summed E-state index contributed by atoms with van der Waals surface area (Å²) in [5.74, 6) is 0.300. The maximum absolute atomic E-state index is 9.93. The second-order valence-electron chi connectivity index (χ2n) is 1.78. The number of aryl methyl sites for hydroxylation is 1. The second-order valence-corrected chi connectivity index (χ2v) is 2.16. The van der Waals surface area contributed by atoms with E-state index in [1.54, 1.807) is 0 Å². The summed E-state index contributed by atoms with van der Waals surface area (Å²) in [7, 11) is 0. The van der Waals surface area contributed by atoms with Crippen molar-refractivity contribution in [2.45, 2.75) is 6.54 Å². The van der Waals surface area contributed by atoms with Crippen molar-refractivity contribution in [2.24, 2.45) is 5.10 Å². The molecule has 0 unspecified atom stereocenters. The number of hydrogen-bond acceptors (Lipinski definition) is 4. The lowest BCUT2D eigenvalue weighted by atomic mass is 10.8. The second kappa shape index (κ2) is 3.81. The van der Waals surface area contributed by atoms with Crippen LogP contribution in [-0.4, -0.2) is 31.1 Å². The molecule has 12 heavy (non-hydrogen) atoms. The van der Waals surface area contributed by atoms with Gasteiger partial charge in [0.2, 0.25) is 0 Å². The van der Waals surface area contributed by atoms with Gasteiger partial charge < -0.3 is 0 Å². The van der Waals surface area contributed by atoms with E-state index in [4.69, 9.17) is 11.6 Å². The van der Waals surface area contributed by atoms with Crippen molar-refractivity contribution in [1.29, 1.82) is 0 Å². The minimum absolute atomic E-state index is 0.0966. The van der Waals surface area contributed by atoms with Crippen molar-refractivity contribution in [3.8, 4) is 0 Å². The van der Waals surface area contributed by atoms with Crippen LogP contribution in [0.3, 0.4) is 0 Å². The normalized spacial score (nSPS) is 11.9. The van der Waals surface area contributed by atoms with E-state index in [-0.39, 0.29) is 5.62 Å². The van der Waals surface area contributed by atoms with Gasteiger partial charge in [0.15, 0.2) is 5.03 Å². The first-order valence-electron chi connectivity index (χ1n) is 2.97. The van der Waals surface area contributed by atoms with Crippen LogP contribution in [0.15, 0.2) is 5.10 Å². The smallest absolute Gasteiger partial charge is 0.233 e. The maximum Gasteiger partial charge on any atom is 0.337 e. The van der Waals surface area contributed by atoms with Crippen LogP contribution in [0.2, 0.25) is 0 Å². The number of hydrogen-bond donors (Lipinski definition) is 1. The molecule has 0 bridgehead atoms. The van der Waals surface area contributed by atoms with Crippen molar-refractivity contribution in [1.82, 2.24) is 20.2 Å². The number of aromatic amines is 1. The Kier molecular flexibility index (Phi) is 2.75. The molecule has 1 aromatic rings. The van der Waals surface area contributed by atoms with Crippen LogP contribution in [0.25, 0.3) is 0 Å². The van der Waals surface area contributed by atoms with E-state index in [9.17, 15) is 10.1 Å². The molecule has 0 atom stereocenters. The standard InChI is InChI=1S/C3H5ClN6O2/c4-1-2-9-3(5-7-8-9)6-10(11)12/h1-2H2,(H,5,6,8). The summed E-state index contributed by atoms with van der Waals surface area (Å²) < 4.78 is 1.27. The third kappa shape index (κ3) is 2.02. The largest absolute Gasteiger partial charge is 0.337 e. The van der Waals surface area contributed by atoms with Gasteiger partial charge in [-0.05, 0) is 5.21 Å². The van der Waals surface area contributed by atoms with Crippen LogP contribution in [-0.2, 0) is 6.54 Å². The van der Waals surface area contributed by atoms with Gasteiger partial charge in [-0.15, -0.1) is 11.6 Å². The molecule has 8 nitrogen and oxygen atoms in total. The summed E-state index contributed by atoms with van der Waals surface area (Å²) in [6.07, 6.45) is 0. The quantitative estimate of drug-likeness (QED) is 0.375. The van der Waals surface area contributed by atoms with Crippen molar-refractivity contribution in [2.75, 3.05) is 5.88 Å². The van der Waals surface area contributed by atoms with Gasteiger partial charge in [0.05, 0.1) is 6.54 Å². The highest BCUT2D eigenvalue weighted by Crippen LogP contribution is 1.77. The molecular weight excluding hydrogens is 188 g/mol. The Hall–Kier alpha value is -1.44. The summed E-state index contributed by atoms with van der Waals surface area (Å²) in [4.78, 5) is 9.93. The van der Waals surface area contributed by atoms with Crippen LogP contribution < -0.4 is 5.62 Å². The van der Waals surface area contributed by atoms with Crippen LogP contribution in [0.4, 0.5) is 0 Å². The monoisotopic (exact) mass is 192 g/mol. The zero-order chi connectivity index (χ0) is 8.97. The molecular formula is C3H5ClN6O2. The lowest BCUT2D eigenvalue weighted by Crippen LogP contribution is -2.22. The van der Waals surface area contributed by atoms with E-state index >= 15 is 0 Å². The molecule has 0 saturated heterocycles. The minimum Gasteiger partial charge on any atom is -0.233 e. The fraction of sp³-hybridized carbons (Fsp3) is 0.667. The molecule has 66 valence electrons. The van der Waals surface area contributed by atoms with Gasteiger partial charge in [-0.2, -0.15) is 5.21 Å². The summed E-state index contributed by atoms with van der Waals surface area (Å²) >= 11 is 5.39. The van der Waals surface area contributed by atoms with Crippen molar-refractivity contribution < 1.29 is 5.03 Å². The molecule has 1 N–H and O–H groups in total.